The molecule has 26 heavy (non-hydrogen) atoms. The van der Waals surface area contributed by atoms with Gasteiger partial charge in [-0.15, -0.1) is 0 Å². The number of pyridine rings is 1. The van der Waals surface area contributed by atoms with Crippen LogP contribution in [0.1, 0.15) is 17.4 Å². The number of aromatic amines is 1. The van der Waals surface area contributed by atoms with Crippen LogP contribution in [-0.2, 0) is 0 Å². The van der Waals surface area contributed by atoms with Gasteiger partial charge in [-0.25, -0.2) is 4.98 Å². The molecule has 0 spiro atoms. The molecule has 0 saturated carbocycles. The molecule has 7 nitrogen and oxygen atoms in total. The van der Waals surface area contributed by atoms with E-state index in [0.29, 0.717) is 40.7 Å². The topological polar surface area (TPSA) is 88.5 Å². The number of hydrogen-bond donors (Lipinski definition) is 2. The Hall–Kier alpha value is -3.36. The van der Waals surface area contributed by atoms with Gasteiger partial charge in [-0.1, -0.05) is 0 Å². The van der Waals surface area contributed by atoms with Crippen molar-refractivity contribution in [1.82, 2.24) is 25.0 Å². The van der Waals surface area contributed by atoms with Crippen LogP contribution >= 0.6 is 0 Å². The first kappa shape index (κ1) is 16.1. The Bertz CT molecular complexity index is 1140. The van der Waals surface area contributed by atoms with E-state index in [1.807, 2.05) is 6.07 Å². The second-order valence-corrected chi connectivity index (χ2v) is 6.02. The highest BCUT2D eigenvalue weighted by molar-refractivity contribution is 5.97. The molecule has 4 rings (SSSR count). The highest BCUT2D eigenvalue weighted by Gasteiger charge is 2.35. The van der Waals surface area contributed by atoms with Crippen molar-refractivity contribution in [2.45, 2.75) is 19.8 Å². The predicted octanol–water partition coefficient (Wildman–Crippen LogP) is 3.66. The maximum absolute atomic E-state index is 13.4. The standard InChI is InChI=1S/C17H14F2N6O/c1-9-12-8-10(21-15-11-4-3-7-20-14(11)22-23-15)5-6-13(12)25(24-9)16(26)17(2,18)19/h3-8H,1-2H3,(H2,20,21,22,23). The van der Waals surface area contributed by atoms with Gasteiger partial charge in [0.1, 0.15) is 5.82 Å². The lowest BCUT2D eigenvalue weighted by Gasteiger charge is -2.09. The number of nitrogens with one attached hydrogen (secondary N) is 2. The molecule has 0 amide bonds. The Balaban J connectivity index is 1.75. The summed E-state index contributed by atoms with van der Waals surface area (Å²) in [6.07, 6.45) is 1.65. The average molecular weight is 356 g/mol. The smallest absolute Gasteiger partial charge is 0.324 e. The predicted molar refractivity (Wildman–Crippen MR) is 92.9 cm³/mol. The molecule has 0 aliphatic rings. The Morgan fingerprint density at radius 3 is 2.85 bits per heavy atom. The molecule has 0 aliphatic heterocycles. The summed E-state index contributed by atoms with van der Waals surface area (Å²) in [7, 11) is 0. The zero-order valence-corrected chi connectivity index (χ0v) is 13.9. The molecule has 132 valence electrons. The highest BCUT2D eigenvalue weighted by atomic mass is 19.3. The molecule has 3 heterocycles. The molecule has 1 aromatic carbocycles. The van der Waals surface area contributed by atoms with Crippen LogP contribution in [0.25, 0.3) is 21.9 Å². The SMILES string of the molecule is Cc1nn(C(=O)C(C)(F)F)c2ccc(Nc3[nH]nc4ncccc34)cc12. The van der Waals surface area contributed by atoms with Crippen molar-refractivity contribution in [3.8, 4) is 0 Å². The number of carbonyl (C=O) groups excluding carboxylic acids is 1. The van der Waals surface area contributed by atoms with Gasteiger partial charge in [-0.3, -0.25) is 9.89 Å². The third-order valence-corrected chi connectivity index (χ3v) is 4.03. The van der Waals surface area contributed by atoms with Crippen LogP contribution in [0.3, 0.4) is 0 Å². The molecule has 0 radical (unpaired) electrons. The van der Waals surface area contributed by atoms with Gasteiger partial charge >= 0.3 is 11.8 Å². The van der Waals surface area contributed by atoms with Crippen molar-refractivity contribution in [1.29, 1.82) is 0 Å². The molecule has 0 fully saturated rings. The third kappa shape index (κ3) is 2.57. The van der Waals surface area contributed by atoms with Crippen molar-refractivity contribution >= 4 is 39.3 Å². The highest BCUT2D eigenvalue weighted by Crippen LogP contribution is 2.28. The maximum atomic E-state index is 13.4. The number of aryl methyl sites for hydroxylation is 1. The van der Waals surface area contributed by atoms with Crippen LogP contribution < -0.4 is 5.32 Å². The van der Waals surface area contributed by atoms with E-state index < -0.39 is 11.8 Å². The molecule has 0 saturated heterocycles. The zero-order valence-electron chi connectivity index (χ0n) is 13.9. The number of H-pyrrole nitrogens is 1. The van der Waals surface area contributed by atoms with Gasteiger partial charge in [0, 0.05) is 24.2 Å². The van der Waals surface area contributed by atoms with E-state index in [2.05, 4.69) is 25.6 Å². The number of aromatic nitrogens is 5. The number of carbonyl (C=O) groups is 1. The van der Waals surface area contributed by atoms with Gasteiger partial charge in [-0.05, 0) is 37.3 Å². The third-order valence-electron chi connectivity index (χ3n) is 4.03. The van der Waals surface area contributed by atoms with Crippen LogP contribution in [0.15, 0.2) is 36.5 Å². The molecule has 3 aromatic heterocycles. The number of alkyl halides is 2. The van der Waals surface area contributed by atoms with Gasteiger partial charge < -0.3 is 5.32 Å². The van der Waals surface area contributed by atoms with Gasteiger partial charge in [0.05, 0.1) is 16.6 Å². The summed E-state index contributed by atoms with van der Waals surface area (Å²) in [6.45, 7) is 2.23. The van der Waals surface area contributed by atoms with Crippen molar-refractivity contribution in [3.05, 3.63) is 42.2 Å². The number of nitrogens with zero attached hydrogens (tertiary/aromatic N) is 4. The number of benzene rings is 1. The first-order valence-electron chi connectivity index (χ1n) is 7.83. The molecule has 0 unspecified atom stereocenters. The summed E-state index contributed by atoms with van der Waals surface area (Å²) in [6, 6.07) is 8.69. The molecule has 4 aromatic rings. The summed E-state index contributed by atoms with van der Waals surface area (Å²) in [5.74, 6) is -4.19. The first-order chi connectivity index (χ1) is 12.3. The minimum atomic E-state index is -3.50. The monoisotopic (exact) mass is 356 g/mol. The molecule has 0 atom stereocenters. The number of hydrogen-bond acceptors (Lipinski definition) is 5. The van der Waals surface area contributed by atoms with Crippen molar-refractivity contribution in [2.75, 3.05) is 5.32 Å². The first-order valence-corrected chi connectivity index (χ1v) is 7.83. The van der Waals surface area contributed by atoms with Gasteiger partial charge in [0.25, 0.3) is 0 Å². The van der Waals surface area contributed by atoms with Crippen LogP contribution in [0.5, 0.6) is 0 Å². The van der Waals surface area contributed by atoms with E-state index in [9.17, 15) is 13.6 Å². The Kier molecular flexibility index (Phi) is 3.46. The summed E-state index contributed by atoms with van der Waals surface area (Å²) in [5, 5.41) is 15.6. The average Bonchev–Trinajstić information content (AvgIpc) is 3.15. The lowest BCUT2D eigenvalue weighted by molar-refractivity contribution is 0.0117. The largest absolute Gasteiger partial charge is 0.340 e. The van der Waals surface area contributed by atoms with E-state index in [1.165, 1.54) is 0 Å². The van der Waals surface area contributed by atoms with Crippen LogP contribution in [0.2, 0.25) is 0 Å². The van der Waals surface area contributed by atoms with Crippen LogP contribution in [0.4, 0.5) is 20.3 Å². The molecular weight excluding hydrogens is 342 g/mol. The van der Waals surface area contributed by atoms with Gasteiger partial charge in [0.15, 0.2) is 5.65 Å². The fraction of sp³-hybridized carbons (Fsp3) is 0.176. The number of halogens is 2. The molecule has 2 N–H and O–H groups in total. The van der Waals surface area contributed by atoms with E-state index in [1.54, 1.807) is 37.4 Å². The van der Waals surface area contributed by atoms with Crippen molar-refractivity contribution in [3.63, 3.8) is 0 Å². The Labute approximate surface area is 146 Å². The Morgan fingerprint density at radius 1 is 1.27 bits per heavy atom. The van der Waals surface area contributed by atoms with Crippen LogP contribution in [-0.4, -0.2) is 36.8 Å². The summed E-state index contributed by atoms with van der Waals surface area (Å²) >= 11 is 0. The normalized spacial score (nSPS) is 12.0. The fourth-order valence-corrected chi connectivity index (χ4v) is 2.78. The summed E-state index contributed by atoms with van der Waals surface area (Å²) in [4.78, 5) is 16.0. The lowest BCUT2D eigenvalue weighted by atomic mass is 10.2. The van der Waals surface area contributed by atoms with Crippen molar-refractivity contribution < 1.29 is 13.6 Å². The molecule has 0 aliphatic carbocycles. The van der Waals surface area contributed by atoms with Gasteiger partial charge in [0.2, 0.25) is 0 Å². The zero-order chi connectivity index (χ0) is 18.5. The summed E-state index contributed by atoms with van der Waals surface area (Å²) in [5.41, 5.74) is 2.09. The minimum Gasteiger partial charge on any atom is -0.340 e. The van der Waals surface area contributed by atoms with E-state index >= 15 is 0 Å². The second-order valence-electron chi connectivity index (χ2n) is 6.02. The molecule has 0 bridgehead atoms. The summed E-state index contributed by atoms with van der Waals surface area (Å²) < 4.78 is 27.5. The number of fused-ring (bicyclic) bond motifs is 2. The van der Waals surface area contributed by atoms with Crippen LogP contribution in [0, 0.1) is 6.92 Å². The fourth-order valence-electron chi connectivity index (χ4n) is 2.78. The lowest BCUT2D eigenvalue weighted by Crippen LogP contribution is -2.31. The van der Waals surface area contributed by atoms with E-state index in [0.717, 1.165) is 10.1 Å². The minimum absolute atomic E-state index is 0.329. The quantitative estimate of drug-likeness (QED) is 0.585. The molecule has 9 heteroatoms. The van der Waals surface area contributed by atoms with Crippen molar-refractivity contribution in [2.24, 2.45) is 0 Å². The van der Waals surface area contributed by atoms with E-state index in [-0.39, 0.29) is 0 Å². The van der Waals surface area contributed by atoms with Gasteiger partial charge in [-0.2, -0.15) is 23.7 Å². The number of anilines is 2. The number of rotatable bonds is 3. The second kappa shape index (κ2) is 5.58. The van der Waals surface area contributed by atoms with E-state index in [4.69, 9.17) is 0 Å². The maximum Gasteiger partial charge on any atom is 0.324 e. The molecular formula is C17H14F2N6O. The Morgan fingerprint density at radius 2 is 2.08 bits per heavy atom.